The van der Waals surface area contributed by atoms with E-state index in [4.69, 9.17) is 9.47 Å². The number of benzene rings is 2. The molecule has 0 amide bonds. The fraction of sp³-hybridized carbons (Fsp3) is 0.235. The average Bonchev–Trinajstić information content (AvgIpc) is 2.52. The highest BCUT2D eigenvalue weighted by Gasteiger charge is 2.11. The summed E-state index contributed by atoms with van der Waals surface area (Å²) in [6, 6.07) is 15.5. The van der Waals surface area contributed by atoms with Gasteiger partial charge in [-0.2, -0.15) is 5.26 Å². The zero-order valence-electron chi connectivity index (χ0n) is 11.8. The van der Waals surface area contributed by atoms with E-state index >= 15 is 0 Å². The van der Waals surface area contributed by atoms with Crippen molar-refractivity contribution in [2.24, 2.45) is 0 Å². The van der Waals surface area contributed by atoms with E-state index in [1.165, 1.54) is 12.1 Å². The van der Waals surface area contributed by atoms with Crippen LogP contribution < -0.4 is 9.47 Å². The second kappa shape index (κ2) is 7.30. The Hall–Kier alpha value is -2.54. The molecular weight excluding hydrogens is 269 g/mol. The molecule has 0 aliphatic carbocycles. The first kappa shape index (κ1) is 14.9. The van der Waals surface area contributed by atoms with Crippen LogP contribution in [0.25, 0.3) is 0 Å². The van der Waals surface area contributed by atoms with Crippen LogP contribution >= 0.6 is 0 Å². The van der Waals surface area contributed by atoms with Crippen LogP contribution in [0.3, 0.4) is 0 Å². The van der Waals surface area contributed by atoms with E-state index in [9.17, 15) is 9.65 Å². The molecule has 3 nitrogen and oxygen atoms in total. The highest BCUT2D eigenvalue weighted by molar-refractivity contribution is 5.31. The maximum atomic E-state index is 13.2. The Bertz CT molecular complexity index is 619. The highest BCUT2D eigenvalue weighted by Crippen LogP contribution is 2.21. The van der Waals surface area contributed by atoms with Crippen LogP contribution in [-0.4, -0.2) is 13.7 Å². The predicted molar refractivity (Wildman–Crippen MR) is 77.9 cm³/mol. The molecule has 0 bridgehead atoms. The maximum absolute atomic E-state index is 13.2. The van der Waals surface area contributed by atoms with Crippen molar-refractivity contribution < 1.29 is 13.9 Å². The summed E-state index contributed by atoms with van der Waals surface area (Å²) in [5, 5.41) is 9.19. The van der Waals surface area contributed by atoms with Gasteiger partial charge in [-0.05, 0) is 42.0 Å². The van der Waals surface area contributed by atoms with Crippen LogP contribution in [0.2, 0.25) is 0 Å². The third-order valence-electron chi connectivity index (χ3n) is 3.14. The molecule has 2 aromatic carbocycles. The summed E-state index contributed by atoms with van der Waals surface area (Å²) < 4.78 is 23.8. The van der Waals surface area contributed by atoms with E-state index in [0.29, 0.717) is 24.3 Å². The van der Waals surface area contributed by atoms with Crippen LogP contribution in [0, 0.1) is 17.1 Å². The van der Waals surface area contributed by atoms with Crippen LogP contribution in [0.15, 0.2) is 48.5 Å². The molecule has 0 aliphatic heterocycles. The Morgan fingerprint density at radius 1 is 1.14 bits per heavy atom. The number of hydrogen-bond donors (Lipinski definition) is 0. The van der Waals surface area contributed by atoms with Gasteiger partial charge >= 0.3 is 0 Å². The van der Waals surface area contributed by atoms with E-state index in [-0.39, 0.29) is 11.7 Å². The Balaban J connectivity index is 1.90. The van der Waals surface area contributed by atoms with Crippen LogP contribution in [0.5, 0.6) is 11.5 Å². The lowest BCUT2D eigenvalue weighted by Gasteiger charge is -2.11. The molecule has 2 aromatic rings. The number of nitrogens with zero attached hydrogens (tertiary/aromatic N) is 1. The predicted octanol–water partition coefficient (Wildman–Crippen LogP) is 3.91. The molecule has 108 valence electrons. The number of ether oxygens (including phenoxy) is 2. The minimum Gasteiger partial charge on any atom is -0.497 e. The summed E-state index contributed by atoms with van der Waals surface area (Å²) >= 11 is 0. The van der Waals surface area contributed by atoms with E-state index in [2.05, 4.69) is 6.07 Å². The molecular formula is C17H16FNO2. The summed E-state index contributed by atoms with van der Waals surface area (Å²) in [7, 11) is 1.60. The monoisotopic (exact) mass is 285 g/mol. The standard InChI is InChI=1S/C17H16FNO2/c1-20-16-5-7-17(8-6-16)21-10-9-14(12-19)13-3-2-4-15(18)11-13/h2-8,11,14H,9-10H2,1H3. The first-order valence-corrected chi connectivity index (χ1v) is 6.65. The SMILES string of the molecule is COc1ccc(OCCC(C#N)c2cccc(F)c2)cc1. The largest absolute Gasteiger partial charge is 0.497 e. The first-order chi connectivity index (χ1) is 10.2. The smallest absolute Gasteiger partial charge is 0.123 e. The number of rotatable bonds is 6. The van der Waals surface area contributed by atoms with Crippen LogP contribution in [0.4, 0.5) is 4.39 Å². The lowest BCUT2D eigenvalue weighted by molar-refractivity contribution is 0.305. The van der Waals surface area contributed by atoms with Crippen molar-refractivity contribution >= 4 is 0 Å². The Kier molecular flexibility index (Phi) is 5.16. The number of halogens is 1. The summed E-state index contributed by atoms with van der Waals surface area (Å²) in [6.45, 7) is 0.390. The molecule has 0 aromatic heterocycles. The van der Waals surface area contributed by atoms with Gasteiger partial charge in [-0.25, -0.2) is 4.39 Å². The number of hydrogen-bond acceptors (Lipinski definition) is 3. The fourth-order valence-corrected chi connectivity index (χ4v) is 2.00. The molecule has 0 aliphatic rings. The summed E-state index contributed by atoms with van der Waals surface area (Å²) in [4.78, 5) is 0. The molecule has 0 fully saturated rings. The second-order valence-electron chi connectivity index (χ2n) is 4.55. The normalized spacial score (nSPS) is 11.5. The molecule has 0 N–H and O–H groups in total. The van der Waals surface area contributed by atoms with Crippen molar-refractivity contribution in [3.05, 3.63) is 59.9 Å². The lowest BCUT2D eigenvalue weighted by Crippen LogP contribution is -2.04. The molecule has 0 radical (unpaired) electrons. The number of nitriles is 1. The Morgan fingerprint density at radius 2 is 1.86 bits per heavy atom. The molecule has 4 heteroatoms. The summed E-state index contributed by atoms with van der Waals surface area (Å²) in [5.41, 5.74) is 0.677. The topological polar surface area (TPSA) is 42.2 Å². The molecule has 21 heavy (non-hydrogen) atoms. The van der Waals surface area contributed by atoms with Gasteiger partial charge in [0.1, 0.15) is 17.3 Å². The highest BCUT2D eigenvalue weighted by atomic mass is 19.1. The molecule has 0 heterocycles. The van der Waals surface area contributed by atoms with Gasteiger partial charge in [0.2, 0.25) is 0 Å². The van der Waals surface area contributed by atoms with Crippen molar-refractivity contribution in [2.45, 2.75) is 12.3 Å². The minimum absolute atomic E-state index is 0.330. The van der Waals surface area contributed by atoms with Crippen molar-refractivity contribution in [1.29, 1.82) is 5.26 Å². The molecule has 2 rings (SSSR count). The molecule has 0 saturated heterocycles. The van der Waals surface area contributed by atoms with Gasteiger partial charge in [0.15, 0.2) is 0 Å². The number of methoxy groups -OCH3 is 1. The molecule has 1 unspecified atom stereocenters. The Labute approximate surface area is 123 Å². The van der Waals surface area contributed by atoms with Gasteiger partial charge in [0, 0.05) is 6.42 Å². The van der Waals surface area contributed by atoms with Crippen LogP contribution in [-0.2, 0) is 0 Å². The molecule has 0 spiro atoms. The lowest BCUT2D eigenvalue weighted by atomic mass is 9.98. The molecule has 0 saturated carbocycles. The summed E-state index contributed by atoms with van der Waals surface area (Å²) in [6.07, 6.45) is 0.506. The third-order valence-corrected chi connectivity index (χ3v) is 3.14. The van der Waals surface area contributed by atoms with E-state index in [1.807, 2.05) is 24.3 Å². The van der Waals surface area contributed by atoms with E-state index in [0.717, 1.165) is 5.75 Å². The van der Waals surface area contributed by atoms with Crippen LogP contribution in [0.1, 0.15) is 17.9 Å². The van der Waals surface area contributed by atoms with Gasteiger partial charge in [0.05, 0.1) is 25.7 Å². The van der Waals surface area contributed by atoms with Crippen molar-refractivity contribution in [2.75, 3.05) is 13.7 Å². The zero-order chi connectivity index (χ0) is 15.1. The van der Waals surface area contributed by atoms with Gasteiger partial charge in [-0.15, -0.1) is 0 Å². The van der Waals surface area contributed by atoms with Gasteiger partial charge < -0.3 is 9.47 Å². The third kappa shape index (κ3) is 4.22. The summed E-state index contributed by atoms with van der Waals surface area (Å²) in [5.74, 6) is 0.770. The Morgan fingerprint density at radius 3 is 2.48 bits per heavy atom. The minimum atomic E-state index is -0.376. The van der Waals surface area contributed by atoms with Gasteiger partial charge in [0.25, 0.3) is 0 Å². The maximum Gasteiger partial charge on any atom is 0.123 e. The zero-order valence-corrected chi connectivity index (χ0v) is 11.8. The van der Waals surface area contributed by atoms with E-state index in [1.54, 1.807) is 19.2 Å². The van der Waals surface area contributed by atoms with E-state index < -0.39 is 0 Å². The second-order valence-corrected chi connectivity index (χ2v) is 4.55. The van der Waals surface area contributed by atoms with Gasteiger partial charge in [-0.1, -0.05) is 12.1 Å². The van der Waals surface area contributed by atoms with Crippen molar-refractivity contribution in [3.8, 4) is 17.6 Å². The fourth-order valence-electron chi connectivity index (χ4n) is 2.00. The van der Waals surface area contributed by atoms with Crippen molar-refractivity contribution in [3.63, 3.8) is 0 Å². The average molecular weight is 285 g/mol. The first-order valence-electron chi connectivity index (χ1n) is 6.65. The quantitative estimate of drug-likeness (QED) is 0.808. The molecule has 1 atom stereocenters. The van der Waals surface area contributed by atoms with Crippen molar-refractivity contribution in [1.82, 2.24) is 0 Å². The van der Waals surface area contributed by atoms with Gasteiger partial charge in [-0.3, -0.25) is 0 Å².